The van der Waals surface area contributed by atoms with Crippen molar-refractivity contribution in [2.75, 3.05) is 0 Å². The van der Waals surface area contributed by atoms with Crippen molar-refractivity contribution in [1.29, 1.82) is 0 Å². The van der Waals surface area contributed by atoms with E-state index in [1.165, 1.54) is 12.0 Å². The summed E-state index contributed by atoms with van der Waals surface area (Å²) >= 11 is 0. The molecule has 3 nitrogen and oxygen atoms in total. The molecule has 0 heterocycles. The summed E-state index contributed by atoms with van der Waals surface area (Å²) < 4.78 is 0. The second kappa shape index (κ2) is 8.71. The number of rotatable bonds is 7. The van der Waals surface area contributed by atoms with Crippen molar-refractivity contribution in [3.8, 4) is 0 Å². The molecule has 0 saturated heterocycles. The second-order valence-electron chi connectivity index (χ2n) is 11.9. The van der Waals surface area contributed by atoms with Crippen LogP contribution in [-0.4, -0.2) is 33.1 Å². The van der Waals surface area contributed by atoms with Crippen molar-refractivity contribution < 1.29 is 15.3 Å². The molecule has 0 spiro atoms. The third-order valence-corrected chi connectivity index (χ3v) is 10.4. The largest absolute Gasteiger partial charge is 0.393 e. The third kappa shape index (κ3) is 3.77. The van der Waals surface area contributed by atoms with Crippen molar-refractivity contribution >= 4 is 0 Å². The van der Waals surface area contributed by atoms with Gasteiger partial charge < -0.3 is 15.3 Å². The molecule has 4 aliphatic carbocycles. The summed E-state index contributed by atoms with van der Waals surface area (Å²) in [5.74, 6) is 1.49. The van der Waals surface area contributed by atoms with Crippen LogP contribution in [0.15, 0.2) is 34.9 Å². The topological polar surface area (TPSA) is 60.7 Å². The number of hydrogen-bond acceptors (Lipinski definition) is 3. The lowest BCUT2D eigenvalue weighted by Crippen LogP contribution is -2.52. The number of fused-ring (bicyclic) bond motifs is 5. The summed E-state index contributed by atoms with van der Waals surface area (Å²) in [6.45, 7) is 11.3. The Bertz CT molecular complexity index is 803. The maximum absolute atomic E-state index is 11.1. The van der Waals surface area contributed by atoms with Gasteiger partial charge in [-0.25, -0.2) is 0 Å². The molecular weight excluding hydrogens is 396 g/mol. The Hall–Kier alpha value is -0.900. The van der Waals surface area contributed by atoms with Gasteiger partial charge in [-0.05, 0) is 74.5 Å². The summed E-state index contributed by atoms with van der Waals surface area (Å²) in [6.07, 6.45) is 15.7. The van der Waals surface area contributed by atoms with E-state index in [9.17, 15) is 15.3 Å². The maximum Gasteiger partial charge on any atom is 0.0661 e. The first-order valence-electron chi connectivity index (χ1n) is 13.3. The number of allylic oxidation sites excluding steroid dienone is 5. The van der Waals surface area contributed by atoms with E-state index >= 15 is 0 Å². The van der Waals surface area contributed by atoms with Gasteiger partial charge in [-0.2, -0.15) is 0 Å². The standard InChI is InChI=1S/C29H46O3/c1-6-29(32,7-2)15-8-9-19(3)23-12-13-24-22-11-10-20-17-21(30)18-26(31)28(20,5)25(22)14-16-27(23,24)4/h10-12,19,21,24-26,30-32H,6-9,13-18H2,1-5H3/t19-,21+,24?,25?,26-,27+,28-/m0/s1. The van der Waals surface area contributed by atoms with Crippen molar-refractivity contribution in [3.63, 3.8) is 0 Å². The molecule has 4 rings (SSSR count). The van der Waals surface area contributed by atoms with E-state index in [0.717, 1.165) is 44.9 Å². The van der Waals surface area contributed by atoms with Gasteiger partial charge in [-0.15, -0.1) is 0 Å². The van der Waals surface area contributed by atoms with E-state index in [2.05, 4.69) is 52.8 Å². The molecule has 0 amide bonds. The molecule has 0 aliphatic heterocycles. The first-order chi connectivity index (χ1) is 15.1. The Morgan fingerprint density at radius 2 is 1.84 bits per heavy atom. The number of aliphatic hydroxyl groups is 3. The lowest BCUT2D eigenvalue weighted by atomic mass is 9.49. The highest BCUT2D eigenvalue weighted by atomic mass is 16.3. The molecule has 2 fully saturated rings. The lowest BCUT2D eigenvalue weighted by molar-refractivity contribution is -0.0492. The normalized spacial score (nSPS) is 39.9. The first-order valence-corrected chi connectivity index (χ1v) is 13.3. The molecule has 3 heteroatoms. The van der Waals surface area contributed by atoms with Crippen LogP contribution in [0.1, 0.15) is 98.8 Å². The summed E-state index contributed by atoms with van der Waals surface area (Å²) in [5.41, 5.74) is 3.94. The molecule has 32 heavy (non-hydrogen) atoms. The molecule has 180 valence electrons. The van der Waals surface area contributed by atoms with E-state index in [-0.39, 0.29) is 10.8 Å². The molecule has 0 aromatic rings. The quantitative estimate of drug-likeness (QED) is 0.418. The minimum absolute atomic E-state index is 0.217. The summed E-state index contributed by atoms with van der Waals surface area (Å²) in [5, 5.41) is 32.0. The highest BCUT2D eigenvalue weighted by Gasteiger charge is 2.57. The van der Waals surface area contributed by atoms with Crippen LogP contribution < -0.4 is 0 Å². The molecule has 2 saturated carbocycles. The first kappa shape index (κ1) is 24.2. The zero-order valence-electron chi connectivity index (χ0n) is 21.0. The molecule has 2 unspecified atom stereocenters. The van der Waals surface area contributed by atoms with Crippen LogP contribution in [0.5, 0.6) is 0 Å². The smallest absolute Gasteiger partial charge is 0.0661 e. The van der Waals surface area contributed by atoms with Gasteiger partial charge in [-0.3, -0.25) is 0 Å². The van der Waals surface area contributed by atoms with Crippen LogP contribution in [0.3, 0.4) is 0 Å². The van der Waals surface area contributed by atoms with Gasteiger partial charge in [0.2, 0.25) is 0 Å². The van der Waals surface area contributed by atoms with Gasteiger partial charge in [0.1, 0.15) is 0 Å². The maximum atomic E-state index is 11.1. The summed E-state index contributed by atoms with van der Waals surface area (Å²) in [7, 11) is 0. The van der Waals surface area contributed by atoms with Crippen LogP contribution in [-0.2, 0) is 0 Å². The molecule has 4 aliphatic rings. The molecular formula is C29H46O3. The average molecular weight is 443 g/mol. The third-order valence-electron chi connectivity index (χ3n) is 10.4. The predicted molar refractivity (Wildman–Crippen MR) is 131 cm³/mol. The van der Waals surface area contributed by atoms with Crippen LogP contribution in [0.25, 0.3) is 0 Å². The zero-order chi connectivity index (χ0) is 23.3. The number of hydrogen-bond donors (Lipinski definition) is 3. The van der Waals surface area contributed by atoms with Crippen molar-refractivity contribution in [3.05, 3.63) is 34.9 Å². The van der Waals surface area contributed by atoms with Crippen molar-refractivity contribution in [2.24, 2.45) is 28.6 Å². The van der Waals surface area contributed by atoms with Crippen molar-refractivity contribution in [1.82, 2.24) is 0 Å². The molecule has 0 radical (unpaired) electrons. The summed E-state index contributed by atoms with van der Waals surface area (Å²) in [6, 6.07) is 0. The van der Waals surface area contributed by atoms with Gasteiger partial charge in [-0.1, -0.05) is 76.0 Å². The van der Waals surface area contributed by atoms with E-state index in [1.807, 2.05) is 0 Å². The van der Waals surface area contributed by atoms with E-state index < -0.39 is 17.8 Å². The van der Waals surface area contributed by atoms with Gasteiger partial charge in [0.15, 0.2) is 0 Å². The van der Waals surface area contributed by atoms with Crippen LogP contribution in [0.2, 0.25) is 0 Å². The average Bonchev–Trinajstić information content (AvgIpc) is 3.12. The minimum Gasteiger partial charge on any atom is -0.393 e. The Morgan fingerprint density at radius 3 is 2.53 bits per heavy atom. The zero-order valence-corrected chi connectivity index (χ0v) is 21.0. The Labute approximate surface area is 195 Å². The van der Waals surface area contributed by atoms with Gasteiger partial charge in [0.25, 0.3) is 0 Å². The highest BCUT2D eigenvalue weighted by Crippen LogP contribution is 2.64. The van der Waals surface area contributed by atoms with Gasteiger partial charge in [0.05, 0.1) is 17.8 Å². The molecule has 3 N–H and O–H groups in total. The fraction of sp³-hybridized carbons (Fsp3) is 0.793. The van der Waals surface area contributed by atoms with E-state index in [0.29, 0.717) is 30.6 Å². The van der Waals surface area contributed by atoms with Crippen LogP contribution in [0, 0.1) is 28.6 Å². The molecule has 0 bridgehead atoms. The fourth-order valence-electron chi connectivity index (χ4n) is 7.93. The Balaban J connectivity index is 1.50. The highest BCUT2D eigenvalue weighted by molar-refractivity contribution is 5.43. The molecule has 0 aromatic heterocycles. The van der Waals surface area contributed by atoms with Gasteiger partial charge >= 0.3 is 0 Å². The van der Waals surface area contributed by atoms with Crippen LogP contribution in [0.4, 0.5) is 0 Å². The second-order valence-corrected chi connectivity index (χ2v) is 11.9. The Kier molecular flexibility index (Phi) is 6.59. The predicted octanol–water partition coefficient (Wildman–Crippen LogP) is 6.09. The van der Waals surface area contributed by atoms with E-state index in [1.54, 1.807) is 11.1 Å². The SMILES string of the molecule is CCC(O)(CC)CCC[C@H](C)C1=CCC2C3=CC=C4C[C@@H](O)C[C@H](O)[C@]4(C)C3CC[C@]12C. The van der Waals surface area contributed by atoms with Crippen LogP contribution >= 0.6 is 0 Å². The summed E-state index contributed by atoms with van der Waals surface area (Å²) in [4.78, 5) is 0. The lowest BCUT2D eigenvalue weighted by Gasteiger charge is -2.56. The van der Waals surface area contributed by atoms with E-state index in [4.69, 9.17) is 0 Å². The molecule has 0 aromatic carbocycles. The minimum atomic E-state index is -0.491. The number of aliphatic hydroxyl groups excluding tert-OH is 2. The monoisotopic (exact) mass is 442 g/mol. The Morgan fingerprint density at radius 1 is 1.12 bits per heavy atom. The van der Waals surface area contributed by atoms with Gasteiger partial charge in [0, 0.05) is 11.8 Å². The fourth-order valence-corrected chi connectivity index (χ4v) is 7.93. The van der Waals surface area contributed by atoms with Crippen molar-refractivity contribution in [2.45, 2.75) is 117 Å². The molecule has 7 atom stereocenters.